The second-order valence-corrected chi connectivity index (χ2v) is 27.1. The van der Waals surface area contributed by atoms with Crippen LogP contribution >= 0.6 is 0 Å². The molecule has 1 amide bonds. The largest absolute Gasteiger partial charge is 0.466 e. The lowest BCUT2D eigenvalue weighted by molar-refractivity contribution is -0.143. The molecule has 2 unspecified atom stereocenters. The molecular weight excluding hydrogens is 1020 g/mol. The van der Waals surface area contributed by atoms with E-state index in [1.807, 2.05) is 0 Å². The molecule has 0 aliphatic rings. The van der Waals surface area contributed by atoms with Gasteiger partial charge in [-0.1, -0.05) is 418 Å². The maximum absolute atomic E-state index is 12.6. The van der Waals surface area contributed by atoms with Gasteiger partial charge >= 0.3 is 5.97 Å². The van der Waals surface area contributed by atoms with Gasteiger partial charge in [0.25, 0.3) is 0 Å². The van der Waals surface area contributed by atoms with Gasteiger partial charge in [-0.25, -0.2) is 0 Å². The van der Waals surface area contributed by atoms with Crippen LogP contribution in [-0.4, -0.2) is 47.4 Å². The van der Waals surface area contributed by atoms with Crippen molar-refractivity contribution >= 4 is 11.9 Å². The van der Waals surface area contributed by atoms with Crippen molar-refractivity contribution in [3.63, 3.8) is 0 Å². The summed E-state index contributed by atoms with van der Waals surface area (Å²) in [7, 11) is 0. The quantitative estimate of drug-likeness (QED) is 0.0417. The lowest BCUT2D eigenvalue weighted by Gasteiger charge is -2.22. The van der Waals surface area contributed by atoms with Gasteiger partial charge in [0.2, 0.25) is 5.91 Å². The van der Waals surface area contributed by atoms with E-state index < -0.39 is 12.1 Å². The number of unbranched alkanes of at least 4 members (excludes halogenated alkanes) is 63. The summed E-state index contributed by atoms with van der Waals surface area (Å²) in [5.41, 5.74) is 0. The number of aliphatic hydroxyl groups excluding tert-OH is 2. The summed E-state index contributed by atoms with van der Waals surface area (Å²) in [6, 6.07) is -0.539. The van der Waals surface area contributed by atoms with Crippen molar-refractivity contribution in [2.75, 3.05) is 13.2 Å². The third kappa shape index (κ3) is 69.8. The van der Waals surface area contributed by atoms with Crippen LogP contribution in [0.4, 0.5) is 0 Å². The van der Waals surface area contributed by atoms with Crippen molar-refractivity contribution in [2.45, 2.75) is 469 Å². The Balaban J connectivity index is 3.33. The zero-order valence-corrected chi connectivity index (χ0v) is 57.0. The molecule has 0 saturated heterocycles. The first-order valence-electron chi connectivity index (χ1n) is 38.8. The normalized spacial score (nSPS) is 12.4. The van der Waals surface area contributed by atoms with Gasteiger partial charge in [0, 0.05) is 12.8 Å². The highest BCUT2D eigenvalue weighted by molar-refractivity contribution is 5.76. The lowest BCUT2D eigenvalue weighted by atomic mass is 10.0. The number of ether oxygens (including phenoxy) is 1. The maximum atomic E-state index is 12.6. The van der Waals surface area contributed by atoms with Crippen LogP contribution in [0.15, 0.2) is 0 Å². The van der Waals surface area contributed by atoms with Crippen LogP contribution in [-0.2, 0) is 14.3 Å². The van der Waals surface area contributed by atoms with Gasteiger partial charge in [0.1, 0.15) is 0 Å². The molecule has 0 spiro atoms. The summed E-state index contributed by atoms with van der Waals surface area (Å²) in [5.74, 6) is -0.00232. The molecular formula is C77H153NO5. The summed E-state index contributed by atoms with van der Waals surface area (Å²) in [6.07, 6.45) is 90.4. The standard InChI is InChI=1S/C77H153NO5/c1-3-5-7-9-11-13-15-17-19-21-22-23-31-34-38-41-45-49-53-57-61-65-69-75(80)74(73-79)78-76(81)70-66-62-58-54-50-46-42-39-35-32-29-27-25-24-26-28-30-33-36-40-44-48-52-56-60-64-68-72-83-77(82)71-67-63-59-55-51-47-43-37-20-18-16-14-12-10-8-6-4-2/h74-75,79-80H,3-73H2,1-2H3,(H,78,81). The van der Waals surface area contributed by atoms with Crippen LogP contribution in [0.5, 0.6) is 0 Å². The van der Waals surface area contributed by atoms with Crippen molar-refractivity contribution < 1.29 is 24.5 Å². The highest BCUT2D eigenvalue weighted by Gasteiger charge is 2.20. The van der Waals surface area contributed by atoms with E-state index in [1.54, 1.807) is 0 Å². The Morgan fingerprint density at radius 2 is 0.494 bits per heavy atom. The molecule has 0 aliphatic heterocycles. The Kier molecular flexibility index (Phi) is 72.3. The first-order chi connectivity index (χ1) is 41.0. The van der Waals surface area contributed by atoms with E-state index in [1.165, 1.54) is 385 Å². The third-order valence-electron chi connectivity index (χ3n) is 18.7. The summed E-state index contributed by atoms with van der Waals surface area (Å²) < 4.78 is 5.51. The smallest absolute Gasteiger partial charge is 0.305 e. The zero-order valence-electron chi connectivity index (χ0n) is 57.0. The lowest BCUT2D eigenvalue weighted by Crippen LogP contribution is -2.45. The van der Waals surface area contributed by atoms with Crippen molar-refractivity contribution in [1.82, 2.24) is 5.32 Å². The van der Waals surface area contributed by atoms with Gasteiger partial charge in [-0.3, -0.25) is 9.59 Å². The Labute approximate surface area is 521 Å². The monoisotopic (exact) mass is 1170 g/mol. The number of aliphatic hydroxyl groups is 2. The molecule has 0 aromatic heterocycles. The average Bonchev–Trinajstić information content (AvgIpc) is 3.49. The number of esters is 1. The summed E-state index contributed by atoms with van der Waals surface area (Å²) in [6.45, 7) is 5.02. The molecule has 0 aromatic carbocycles. The predicted molar refractivity (Wildman–Crippen MR) is 366 cm³/mol. The van der Waals surface area contributed by atoms with Crippen LogP contribution < -0.4 is 5.32 Å². The van der Waals surface area contributed by atoms with Crippen LogP contribution in [0.25, 0.3) is 0 Å². The van der Waals surface area contributed by atoms with Gasteiger partial charge in [-0.05, 0) is 25.7 Å². The molecule has 2 atom stereocenters. The maximum Gasteiger partial charge on any atom is 0.305 e. The molecule has 0 saturated carbocycles. The minimum atomic E-state index is -0.663. The first kappa shape index (κ1) is 81.9. The first-order valence-corrected chi connectivity index (χ1v) is 38.8. The minimum Gasteiger partial charge on any atom is -0.466 e. The Morgan fingerprint density at radius 1 is 0.289 bits per heavy atom. The molecule has 0 rings (SSSR count). The highest BCUT2D eigenvalue weighted by atomic mass is 16.5. The average molecular weight is 1170 g/mol. The highest BCUT2D eigenvalue weighted by Crippen LogP contribution is 2.20. The van der Waals surface area contributed by atoms with E-state index in [0.717, 1.165) is 38.5 Å². The second kappa shape index (κ2) is 73.3. The summed E-state index contributed by atoms with van der Waals surface area (Å²) in [5, 5.41) is 23.5. The molecule has 0 aromatic rings. The second-order valence-electron chi connectivity index (χ2n) is 27.1. The van der Waals surface area contributed by atoms with E-state index in [9.17, 15) is 19.8 Å². The van der Waals surface area contributed by atoms with E-state index in [2.05, 4.69) is 19.2 Å². The van der Waals surface area contributed by atoms with E-state index in [4.69, 9.17) is 4.74 Å². The molecule has 496 valence electrons. The Bertz CT molecular complexity index is 1210. The molecule has 0 fully saturated rings. The molecule has 0 heterocycles. The summed E-state index contributed by atoms with van der Waals surface area (Å²) >= 11 is 0. The van der Waals surface area contributed by atoms with Gasteiger partial charge in [-0.2, -0.15) is 0 Å². The van der Waals surface area contributed by atoms with E-state index >= 15 is 0 Å². The van der Waals surface area contributed by atoms with E-state index in [0.29, 0.717) is 25.9 Å². The number of carbonyl (C=O) groups excluding carboxylic acids is 2. The van der Waals surface area contributed by atoms with Crippen molar-refractivity contribution in [3.8, 4) is 0 Å². The van der Waals surface area contributed by atoms with Crippen LogP contribution in [0, 0.1) is 0 Å². The van der Waals surface area contributed by atoms with Gasteiger partial charge in [0.15, 0.2) is 0 Å². The van der Waals surface area contributed by atoms with Crippen LogP contribution in [0.2, 0.25) is 0 Å². The molecule has 6 nitrogen and oxygen atoms in total. The van der Waals surface area contributed by atoms with E-state index in [-0.39, 0.29) is 18.5 Å². The number of nitrogens with one attached hydrogen (secondary N) is 1. The fourth-order valence-electron chi connectivity index (χ4n) is 12.8. The number of carbonyl (C=O) groups is 2. The SMILES string of the molecule is CCCCCCCCCCCCCCCCCCCCCCCCC(O)C(CO)NC(=O)CCCCCCCCCCCCCCCCCCCCCCCCCCCCCOC(=O)CCCCCCCCCCCCCCCCCCC. The zero-order chi connectivity index (χ0) is 59.9. The van der Waals surface area contributed by atoms with Crippen molar-refractivity contribution in [1.29, 1.82) is 0 Å². The van der Waals surface area contributed by atoms with Crippen molar-refractivity contribution in [2.24, 2.45) is 0 Å². The van der Waals surface area contributed by atoms with Gasteiger partial charge < -0.3 is 20.3 Å². The van der Waals surface area contributed by atoms with Gasteiger partial charge in [0.05, 0.1) is 25.4 Å². The molecule has 0 aliphatic carbocycles. The molecule has 0 bridgehead atoms. The molecule has 83 heavy (non-hydrogen) atoms. The molecule has 3 N–H and O–H groups in total. The number of hydrogen-bond donors (Lipinski definition) is 3. The van der Waals surface area contributed by atoms with Crippen LogP contribution in [0.1, 0.15) is 457 Å². The van der Waals surface area contributed by atoms with Gasteiger partial charge in [-0.15, -0.1) is 0 Å². The summed E-state index contributed by atoms with van der Waals surface area (Å²) in [4.78, 5) is 24.7. The number of hydrogen-bond acceptors (Lipinski definition) is 5. The molecule has 0 radical (unpaired) electrons. The molecule has 6 heteroatoms. The fraction of sp³-hybridized carbons (Fsp3) is 0.974. The Hall–Kier alpha value is -1.14. The number of rotatable bonds is 74. The minimum absolute atomic E-state index is 0.0237. The number of amides is 1. The third-order valence-corrected chi connectivity index (χ3v) is 18.7. The Morgan fingerprint density at radius 3 is 0.735 bits per heavy atom. The van der Waals surface area contributed by atoms with Crippen LogP contribution in [0.3, 0.4) is 0 Å². The topological polar surface area (TPSA) is 95.9 Å². The van der Waals surface area contributed by atoms with Crippen molar-refractivity contribution in [3.05, 3.63) is 0 Å². The predicted octanol–water partition coefficient (Wildman–Crippen LogP) is 25.3. The fourth-order valence-corrected chi connectivity index (χ4v) is 12.8.